The lowest BCUT2D eigenvalue weighted by Crippen LogP contribution is -2.23. The molecule has 210 valence electrons. The van der Waals surface area contributed by atoms with Crippen molar-refractivity contribution in [1.82, 2.24) is 34.3 Å². The molecular weight excluding hydrogens is 561 g/mol. The maximum absolute atomic E-state index is 14.5. The third-order valence-electron chi connectivity index (χ3n) is 7.50. The molecule has 0 saturated heterocycles. The fourth-order valence-corrected chi connectivity index (χ4v) is 5.40. The second-order valence-electron chi connectivity index (χ2n) is 10.3. The summed E-state index contributed by atoms with van der Waals surface area (Å²) in [7, 11) is 0. The number of carboxylic acids is 1. The Hall–Kier alpha value is -5.03. The maximum Gasteiger partial charge on any atom is 0.335 e. The van der Waals surface area contributed by atoms with Gasteiger partial charge < -0.3 is 19.4 Å². The van der Waals surface area contributed by atoms with Gasteiger partial charge in [0.05, 0.1) is 47.4 Å². The Balaban J connectivity index is 1.15. The van der Waals surface area contributed by atoms with E-state index in [1.807, 2.05) is 0 Å². The molecule has 0 aliphatic heterocycles. The molecule has 2 aromatic carbocycles. The second kappa shape index (κ2) is 10.1. The van der Waals surface area contributed by atoms with Crippen LogP contribution in [0.4, 0.5) is 4.39 Å². The molecule has 4 heterocycles. The van der Waals surface area contributed by atoms with Crippen LogP contribution < -0.4 is 5.32 Å². The highest BCUT2D eigenvalue weighted by molar-refractivity contribution is 6.31. The predicted octanol–water partition coefficient (Wildman–Crippen LogP) is 5.22. The number of pyridine rings is 1. The van der Waals surface area contributed by atoms with E-state index in [1.165, 1.54) is 35.2 Å². The Morgan fingerprint density at radius 1 is 1.10 bits per heavy atom. The Kier molecular flexibility index (Phi) is 6.23. The normalized spacial score (nSPS) is 13.2. The average molecular weight is 584 g/mol. The quantitative estimate of drug-likeness (QED) is 0.254. The van der Waals surface area contributed by atoms with Crippen molar-refractivity contribution in [3.8, 4) is 5.69 Å². The Morgan fingerprint density at radius 2 is 1.90 bits per heavy atom. The zero-order chi connectivity index (χ0) is 29.0. The van der Waals surface area contributed by atoms with Crippen molar-refractivity contribution in [3.05, 3.63) is 112 Å². The van der Waals surface area contributed by atoms with Gasteiger partial charge in [-0.1, -0.05) is 22.9 Å². The van der Waals surface area contributed by atoms with Crippen molar-refractivity contribution in [2.45, 2.75) is 31.8 Å². The molecule has 6 aromatic rings. The van der Waals surface area contributed by atoms with Crippen LogP contribution in [0.15, 0.2) is 73.3 Å². The number of nitrogens with zero attached hydrogens (tertiary/aromatic N) is 6. The van der Waals surface area contributed by atoms with Gasteiger partial charge in [-0.2, -0.15) is 0 Å². The number of carboxylic acid groups (broad SMARTS) is 1. The van der Waals surface area contributed by atoms with Gasteiger partial charge in [0.2, 0.25) is 0 Å². The number of hydrogen-bond acceptors (Lipinski definition) is 5. The van der Waals surface area contributed by atoms with Crippen LogP contribution in [0.25, 0.3) is 22.1 Å². The smallest absolute Gasteiger partial charge is 0.335 e. The summed E-state index contributed by atoms with van der Waals surface area (Å²) in [5.74, 6) is -1.48. The number of aromatic nitrogens is 6. The van der Waals surface area contributed by atoms with Crippen molar-refractivity contribution in [2.24, 2.45) is 0 Å². The molecule has 0 radical (unpaired) electrons. The molecule has 1 aliphatic rings. The number of carbonyl (C=O) groups excluding carboxylic acids is 1. The first-order valence-electron chi connectivity index (χ1n) is 13.3. The largest absolute Gasteiger partial charge is 0.478 e. The zero-order valence-electron chi connectivity index (χ0n) is 22.0. The van der Waals surface area contributed by atoms with E-state index in [0.717, 1.165) is 22.3 Å². The fourth-order valence-electron chi connectivity index (χ4n) is 5.25. The molecular formula is C30H23ClFN7O3. The van der Waals surface area contributed by atoms with Crippen molar-refractivity contribution >= 4 is 39.9 Å². The summed E-state index contributed by atoms with van der Waals surface area (Å²) in [6.07, 6.45) is 6.98. The van der Waals surface area contributed by atoms with Crippen LogP contribution in [-0.2, 0) is 13.1 Å². The van der Waals surface area contributed by atoms with Crippen LogP contribution in [0, 0.1) is 5.82 Å². The lowest BCUT2D eigenvalue weighted by Gasteiger charge is -2.12. The predicted molar refractivity (Wildman–Crippen MR) is 153 cm³/mol. The fraction of sp³-hybridized carbons (Fsp3) is 0.167. The molecule has 4 aromatic heterocycles. The van der Waals surface area contributed by atoms with E-state index in [9.17, 15) is 19.1 Å². The molecule has 0 atom stereocenters. The Bertz CT molecular complexity index is 2010. The lowest BCUT2D eigenvalue weighted by molar-refractivity contribution is 0.0696. The van der Waals surface area contributed by atoms with E-state index in [2.05, 4.69) is 49.4 Å². The molecule has 0 spiro atoms. The number of rotatable bonds is 8. The summed E-state index contributed by atoms with van der Waals surface area (Å²) in [6.45, 7) is 0.285. The van der Waals surface area contributed by atoms with Crippen molar-refractivity contribution < 1.29 is 19.1 Å². The molecule has 12 heteroatoms. The third kappa shape index (κ3) is 4.67. The topological polar surface area (TPSA) is 119 Å². The van der Waals surface area contributed by atoms with Gasteiger partial charge in [-0.25, -0.2) is 18.9 Å². The zero-order valence-corrected chi connectivity index (χ0v) is 22.8. The number of hydrogen-bond donors (Lipinski definition) is 2. The minimum Gasteiger partial charge on any atom is -0.478 e. The van der Waals surface area contributed by atoms with Gasteiger partial charge in [-0.15, -0.1) is 5.10 Å². The molecule has 0 unspecified atom stereocenters. The molecule has 2 N–H and O–H groups in total. The van der Waals surface area contributed by atoms with Crippen LogP contribution in [-0.4, -0.2) is 45.9 Å². The van der Waals surface area contributed by atoms with Crippen LogP contribution >= 0.6 is 11.6 Å². The molecule has 42 heavy (non-hydrogen) atoms. The van der Waals surface area contributed by atoms with Gasteiger partial charge >= 0.3 is 5.97 Å². The van der Waals surface area contributed by atoms with Crippen molar-refractivity contribution in [2.75, 3.05) is 0 Å². The molecule has 1 aliphatic carbocycles. The highest BCUT2D eigenvalue weighted by Gasteiger charge is 2.24. The standard InChI is InChI=1S/C30H23ClFN7O3/c31-23-9-10-37-16-34-24(28(37)27(23)32)13-33-29(40)25-15-38(36-35-25)14-22-12-20-11-19(17-1-2-17)5-8-26(20)39(22)21-6-3-18(4-7-21)30(41)42/h3-12,15-17H,1-2,13-14H2,(H,33,40)(H,41,42). The number of amides is 1. The third-order valence-corrected chi connectivity index (χ3v) is 7.80. The highest BCUT2D eigenvalue weighted by Crippen LogP contribution is 2.41. The molecule has 1 saturated carbocycles. The number of benzene rings is 2. The van der Waals surface area contributed by atoms with Crippen LogP contribution in [0.3, 0.4) is 0 Å². The highest BCUT2D eigenvalue weighted by atomic mass is 35.5. The van der Waals surface area contributed by atoms with Gasteiger partial charge in [-0.05, 0) is 72.9 Å². The molecule has 10 nitrogen and oxygen atoms in total. The van der Waals surface area contributed by atoms with Gasteiger partial charge in [0.15, 0.2) is 11.5 Å². The number of imidazole rings is 1. The Labute approximate surface area is 243 Å². The SMILES string of the molecule is O=C(O)c1ccc(-n2c(Cn3cc(C(=O)NCc4ncn5ccc(Cl)c(F)c45)nn3)cc3cc(C4CC4)ccc32)cc1. The molecule has 0 bridgehead atoms. The number of aromatic carboxylic acids is 1. The molecule has 1 amide bonds. The van der Waals surface area contributed by atoms with E-state index < -0.39 is 17.7 Å². The van der Waals surface area contributed by atoms with Gasteiger partial charge in [0.1, 0.15) is 5.52 Å². The van der Waals surface area contributed by atoms with Gasteiger partial charge in [0.25, 0.3) is 5.91 Å². The maximum atomic E-state index is 14.5. The van der Waals surface area contributed by atoms with E-state index in [4.69, 9.17) is 11.6 Å². The van der Waals surface area contributed by atoms with Crippen LogP contribution in [0.2, 0.25) is 5.02 Å². The Morgan fingerprint density at radius 3 is 2.67 bits per heavy atom. The number of nitrogens with one attached hydrogen (secondary N) is 1. The average Bonchev–Trinajstić information content (AvgIpc) is 3.42. The minimum absolute atomic E-state index is 0.0244. The monoisotopic (exact) mass is 583 g/mol. The van der Waals surface area contributed by atoms with Crippen molar-refractivity contribution in [1.29, 1.82) is 0 Å². The van der Waals surface area contributed by atoms with Gasteiger partial charge in [-0.3, -0.25) is 4.79 Å². The minimum atomic E-state index is -0.989. The molecule has 1 fully saturated rings. The van der Waals surface area contributed by atoms with Crippen molar-refractivity contribution in [3.63, 3.8) is 0 Å². The first kappa shape index (κ1) is 25.9. The summed E-state index contributed by atoms with van der Waals surface area (Å²) < 4.78 is 19.7. The number of fused-ring (bicyclic) bond motifs is 2. The van der Waals surface area contributed by atoms with Crippen LogP contribution in [0.1, 0.15) is 56.6 Å². The summed E-state index contributed by atoms with van der Waals surface area (Å²) in [5.41, 5.74) is 4.81. The first-order valence-corrected chi connectivity index (χ1v) is 13.7. The summed E-state index contributed by atoms with van der Waals surface area (Å²) in [4.78, 5) is 28.5. The van der Waals surface area contributed by atoms with E-state index in [1.54, 1.807) is 41.3 Å². The van der Waals surface area contributed by atoms with E-state index in [-0.39, 0.29) is 28.3 Å². The number of carbonyl (C=O) groups is 2. The van der Waals surface area contributed by atoms with E-state index >= 15 is 0 Å². The summed E-state index contributed by atoms with van der Waals surface area (Å²) in [5, 5.41) is 21.3. The van der Waals surface area contributed by atoms with Crippen LogP contribution in [0.5, 0.6) is 0 Å². The molecule has 7 rings (SSSR count). The summed E-state index contributed by atoms with van der Waals surface area (Å²) in [6, 6.07) is 16.7. The van der Waals surface area contributed by atoms with Gasteiger partial charge in [0, 0.05) is 23.0 Å². The lowest BCUT2D eigenvalue weighted by atomic mass is 10.1. The first-order chi connectivity index (χ1) is 20.4. The second-order valence-corrected chi connectivity index (χ2v) is 10.7. The summed E-state index contributed by atoms with van der Waals surface area (Å²) >= 11 is 5.91. The van der Waals surface area contributed by atoms with E-state index in [0.29, 0.717) is 18.2 Å². The number of halogens is 2.